The quantitative estimate of drug-likeness (QED) is 0.713. The molecule has 1 aromatic heterocycles. The van der Waals surface area contributed by atoms with E-state index >= 15 is 0 Å². The summed E-state index contributed by atoms with van der Waals surface area (Å²) in [5.41, 5.74) is 2.24. The molecule has 20 heavy (non-hydrogen) atoms. The fraction of sp³-hybridized carbons (Fsp3) is 0.125. The zero-order valence-electron chi connectivity index (χ0n) is 10.8. The largest absolute Gasteiger partial charge is 0.383 e. The summed E-state index contributed by atoms with van der Waals surface area (Å²) in [7, 11) is 0. The van der Waals surface area contributed by atoms with Gasteiger partial charge in [0.05, 0.1) is 0 Å². The summed E-state index contributed by atoms with van der Waals surface area (Å²) in [6, 6.07) is 15.8. The number of fused-ring (bicyclic) bond motifs is 1. The molecule has 0 bridgehead atoms. The Labute approximate surface area is 127 Å². The van der Waals surface area contributed by atoms with Crippen molar-refractivity contribution in [2.75, 3.05) is 11.9 Å². The standard InChI is InChI=1S/C16H14Cl2N2/c17-13-3-5-15(6-4-13)19-8-10-20-9-7-12-1-2-14(18)11-16(12)20/h1-7,9,11,19H,8,10H2. The average Bonchev–Trinajstić information content (AvgIpc) is 2.84. The van der Waals surface area contributed by atoms with Gasteiger partial charge in [-0.1, -0.05) is 29.3 Å². The van der Waals surface area contributed by atoms with E-state index in [0.717, 1.165) is 34.3 Å². The summed E-state index contributed by atoms with van der Waals surface area (Å²) in [6.45, 7) is 1.73. The molecule has 0 fully saturated rings. The molecule has 0 aliphatic heterocycles. The summed E-state index contributed by atoms with van der Waals surface area (Å²) >= 11 is 11.9. The van der Waals surface area contributed by atoms with E-state index in [0.29, 0.717) is 0 Å². The molecule has 4 heteroatoms. The summed E-state index contributed by atoms with van der Waals surface area (Å²) in [4.78, 5) is 0. The monoisotopic (exact) mass is 304 g/mol. The van der Waals surface area contributed by atoms with Gasteiger partial charge in [-0.15, -0.1) is 0 Å². The second kappa shape index (κ2) is 5.78. The summed E-state index contributed by atoms with van der Waals surface area (Å²) < 4.78 is 2.20. The number of hydrogen-bond donors (Lipinski definition) is 1. The van der Waals surface area contributed by atoms with Crippen molar-refractivity contribution >= 4 is 39.8 Å². The molecule has 0 unspecified atom stereocenters. The lowest BCUT2D eigenvalue weighted by Crippen LogP contribution is -2.09. The predicted octanol–water partition coefficient (Wildman–Crippen LogP) is 5.06. The van der Waals surface area contributed by atoms with Gasteiger partial charge in [-0.2, -0.15) is 0 Å². The van der Waals surface area contributed by atoms with E-state index in [2.05, 4.69) is 22.1 Å². The smallest absolute Gasteiger partial charge is 0.0495 e. The highest BCUT2D eigenvalue weighted by Crippen LogP contribution is 2.20. The van der Waals surface area contributed by atoms with Gasteiger partial charge in [0.1, 0.15) is 0 Å². The van der Waals surface area contributed by atoms with E-state index in [1.807, 2.05) is 42.5 Å². The van der Waals surface area contributed by atoms with Crippen molar-refractivity contribution < 1.29 is 0 Å². The average molecular weight is 305 g/mol. The molecule has 1 heterocycles. The summed E-state index contributed by atoms with van der Waals surface area (Å²) in [5, 5.41) is 6.10. The van der Waals surface area contributed by atoms with Crippen molar-refractivity contribution in [2.45, 2.75) is 6.54 Å². The normalized spacial score (nSPS) is 10.9. The number of halogens is 2. The van der Waals surface area contributed by atoms with Gasteiger partial charge >= 0.3 is 0 Å². The van der Waals surface area contributed by atoms with Gasteiger partial charge in [-0.3, -0.25) is 0 Å². The van der Waals surface area contributed by atoms with Crippen LogP contribution in [0.1, 0.15) is 0 Å². The Morgan fingerprint density at radius 1 is 0.900 bits per heavy atom. The van der Waals surface area contributed by atoms with Crippen molar-refractivity contribution in [3.63, 3.8) is 0 Å². The fourth-order valence-electron chi connectivity index (χ4n) is 2.24. The molecule has 2 nitrogen and oxygen atoms in total. The van der Waals surface area contributed by atoms with E-state index in [4.69, 9.17) is 23.2 Å². The van der Waals surface area contributed by atoms with Crippen molar-refractivity contribution in [1.82, 2.24) is 4.57 Å². The number of rotatable bonds is 4. The van der Waals surface area contributed by atoms with Crippen LogP contribution in [-0.4, -0.2) is 11.1 Å². The number of aromatic nitrogens is 1. The lowest BCUT2D eigenvalue weighted by atomic mass is 10.2. The van der Waals surface area contributed by atoms with Crippen LogP contribution >= 0.6 is 23.2 Å². The molecule has 0 radical (unpaired) electrons. The van der Waals surface area contributed by atoms with Crippen molar-refractivity contribution in [3.05, 3.63) is 64.8 Å². The van der Waals surface area contributed by atoms with Gasteiger partial charge in [-0.25, -0.2) is 0 Å². The van der Waals surface area contributed by atoms with Gasteiger partial charge in [0.15, 0.2) is 0 Å². The Hall–Kier alpha value is -1.64. The first-order chi connectivity index (χ1) is 9.72. The molecule has 1 N–H and O–H groups in total. The zero-order chi connectivity index (χ0) is 13.9. The van der Waals surface area contributed by atoms with Crippen LogP contribution in [0.25, 0.3) is 10.9 Å². The van der Waals surface area contributed by atoms with E-state index in [1.54, 1.807) is 0 Å². The minimum Gasteiger partial charge on any atom is -0.383 e. The predicted molar refractivity (Wildman–Crippen MR) is 86.9 cm³/mol. The Balaban J connectivity index is 1.68. The second-order valence-corrected chi connectivity index (χ2v) is 5.52. The number of anilines is 1. The molecule has 0 aliphatic carbocycles. The molecule has 0 amide bonds. The van der Waals surface area contributed by atoms with E-state index in [9.17, 15) is 0 Å². The third-order valence-corrected chi connectivity index (χ3v) is 3.75. The SMILES string of the molecule is Clc1ccc(NCCn2ccc3ccc(Cl)cc32)cc1. The van der Waals surface area contributed by atoms with Gasteiger partial charge < -0.3 is 9.88 Å². The number of nitrogens with zero attached hydrogens (tertiary/aromatic N) is 1. The Bertz CT molecular complexity index is 717. The van der Waals surface area contributed by atoms with Crippen LogP contribution in [0.2, 0.25) is 10.0 Å². The highest BCUT2D eigenvalue weighted by Gasteiger charge is 2.01. The van der Waals surface area contributed by atoms with Gasteiger partial charge in [0.25, 0.3) is 0 Å². The van der Waals surface area contributed by atoms with Crippen LogP contribution in [0.15, 0.2) is 54.7 Å². The first kappa shape index (κ1) is 13.3. The van der Waals surface area contributed by atoms with E-state index in [1.165, 1.54) is 5.39 Å². The first-order valence-corrected chi connectivity index (χ1v) is 7.22. The molecule has 2 aromatic carbocycles. The molecule has 0 saturated heterocycles. The Kier molecular flexibility index (Phi) is 3.86. The van der Waals surface area contributed by atoms with Crippen molar-refractivity contribution in [3.8, 4) is 0 Å². The second-order valence-electron chi connectivity index (χ2n) is 4.65. The number of nitrogens with one attached hydrogen (secondary N) is 1. The van der Waals surface area contributed by atoms with Crippen LogP contribution < -0.4 is 5.32 Å². The minimum absolute atomic E-state index is 0.751. The fourth-order valence-corrected chi connectivity index (χ4v) is 2.53. The van der Waals surface area contributed by atoms with Crippen molar-refractivity contribution in [1.29, 1.82) is 0 Å². The Morgan fingerprint density at radius 3 is 2.45 bits per heavy atom. The number of benzene rings is 2. The van der Waals surface area contributed by atoms with Crippen molar-refractivity contribution in [2.24, 2.45) is 0 Å². The molecule has 0 atom stereocenters. The molecule has 0 saturated carbocycles. The maximum atomic E-state index is 6.05. The van der Waals surface area contributed by atoms with Crippen LogP contribution in [0.4, 0.5) is 5.69 Å². The topological polar surface area (TPSA) is 17.0 Å². The molecule has 102 valence electrons. The molecule has 3 aromatic rings. The van der Waals surface area contributed by atoms with Gasteiger partial charge in [0.2, 0.25) is 0 Å². The summed E-state index contributed by atoms with van der Waals surface area (Å²) in [6.07, 6.45) is 2.09. The third kappa shape index (κ3) is 2.92. The van der Waals surface area contributed by atoms with Crippen LogP contribution in [0.5, 0.6) is 0 Å². The first-order valence-electron chi connectivity index (χ1n) is 6.46. The minimum atomic E-state index is 0.751. The zero-order valence-corrected chi connectivity index (χ0v) is 12.3. The highest BCUT2D eigenvalue weighted by molar-refractivity contribution is 6.31. The number of hydrogen-bond acceptors (Lipinski definition) is 1. The summed E-state index contributed by atoms with van der Waals surface area (Å²) in [5.74, 6) is 0. The lowest BCUT2D eigenvalue weighted by Gasteiger charge is -2.09. The lowest BCUT2D eigenvalue weighted by molar-refractivity contribution is 0.757. The molecular formula is C16H14Cl2N2. The van der Waals surface area contributed by atoms with Crippen LogP contribution in [-0.2, 0) is 6.54 Å². The molecule has 3 rings (SSSR count). The maximum absolute atomic E-state index is 6.05. The van der Waals surface area contributed by atoms with E-state index < -0.39 is 0 Å². The molecule has 0 spiro atoms. The maximum Gasteiger partial charge on any atom is 0.0495 e. The molecular weight excluding hydrogens is 291 g/mol. The van der Waals surface area contributed by atoms with Gasteiger partial charge in [0, 0.05) is 40.5 Å². The van der Waals surface area contributed by atoms with Crippen LogP contribution in [0.3, 0.4) is 0 Å². The van der Waals surface area contributed by atoms with Crippen LogP contribution in [0, 0.1) is 0 Å². The highest BCUT2D eigenvalue weighted by atomic mass is 35.5. The van der Waals surface area contributed by atoms with E-state index in [-0.39, 0.29) is 0 Å². The Morgan fingerprint density at radius 2 is 1.65 bits per heavy atom. The third-order valence-electron chi connectivity index (χ3n) is 3.26. The molecule has 0 aliphatic rings. The van der Waals surface area contributed by atoms with Gasteiger partial charge in [-0.05, 0) is 47.9 Å².